The summed E-state index contributed by atoms with van der Waals surface area (Å²) in [6.45, 7) is 2.35. The molecule has 0 aliphatic heterocycles. The SMILES string of the molecule is C[SiH](O)CCCCCCCCCCCO. The van der Waals surface area contributed by atoms with Crippen LogP contribution in [0.3, 0.4) is 0 Å². The highest BCUT2D eigenvalue weighted by Gasteiger charge is 1.97. The van der Waals surface area contributed by atoms with Crippen LogP contribution in [0.1, 0.15) is 57.8 Å². The normalized spacial score (nSPS) is 13.0. The lowest BCUT2D eigenvalue weighted by Gasteiger charge is -2.03. The molecule has 0 amide bonds. The molecular formula is C12H28O2Si. The highest BCUT2D eigenvalue weighted by molar-refractivity contribution is 6.48. The Morgan fingerprint density at radius 3 is 1.53 bits per heavy atom. The van der Waals surface area contributed by atoms with Crippen LogP contribution in [0.2, 0.25) is 12.6 Å². The molecule has 0 aromatic rings. The van der Waals surface area contributed by atoms with Crippen molar-refractivity contribution in [3.8, 4) is 0 Å². The first-order chi connectivity index (χ1) is 7.27. The summed E-state index contributed by atoms with van der Waals surface area (Å²) in [5, 5.41) is 8.59. The van der Waals surface area contributed by atoms with Crippen molar-refractivity contribution in [2.45, 2.75) is 70.4 Å². The summed E-state index contributed by atoms with van der Waals surface area (Å²) < 4.78 is 0. The van der Waals surface area contributed by atoms with Gasteiger partial charge in [-0.15, -0.1) is 0 Å². The zero-order valence-corrected chi connectivity index (χ0v) is 11.4. The Hall–Kier alpha value is 0.137. The van der Waals surface area contributed by atoms with E-state index in [0.717, 1.165) is 12.5 Å². The van der Waals surface area contributed by atoms with Gasteiger partial charge in [-0.05, 0) is 19.0 Å². The van der Waals surface area contributed by atoms with Gasteiger partial charge in [0.25, 0.3) is 0 Å². The van der Waals surface area contributed by atoms with Crippen LogP contribution in [-0.2, 0) is 0 Å². The lowest BCUT2D eigenvalue weighted by molar-refractivity contribution is 0.282. The lowest BCUT2D eigenvalue weighted by atomic mass is 10.1. The first kappa shape index (κ1) is 15.1. The van der Waals surface area contributed by atoms with Crippen LogP contribution in [0.5, 0.6) is 0 Å². The summed E-state index contributed by atoms with van der Waals surface area (Å²) >= 11 is 0. The molecular weight excluding hydrogens is 204 g/mol. The molecule has 2 N–H and O–H groups in total. The third-order valence-corrected chi connectivity index (χ3v) is 4.02. The van der Waals surface area contributed by atoms with Crippen molar-refractivity contribution < 1.29 is 9.90 Å². The summed E-state index contributed by atoms with van der Waals surface area (Å²) in [4.78, 5) is 9.19. The maximum atomic E-state index is 9.19. The van der Waals surface area contributed by atoms with E-state index in [2.05, 4.69) is 0 Å². The van der Waals surface area contributed by atoms with Gasteiger partial charge in [-0.2, -0.15) is 0 Å². The molecule has 92 valence electrons. The highest BCUT2D eigenvalue weighted by atomic mass is 28.3. The number of rotatable bonds is 11. The van der Waals surface area contributed by atoms with Crippen molar-refractivity contribution in [1.29, 1.82) is 0 Å². The molecule has 0 spiro atoms. The Morgan fingerprint density at radius 1 is 0.733 bits per heavy atom. The molecule has 0 saturated carbocycles. The molecule has 2 nitrogen and oxygen atoms in total. The highest BCUT2D eigenvalue weighted by Crippen LogP contribution is 2.11. The van der Waals surface area contributed by atoms with Crippen molar-refractivity contribution in [2.75, 3.05) is 6.61 Å². The fraction of sp³-hybridized carbons (Fsp3) is 1.00. The minimum Gasteiger partial charge on any atom is -0.435 e. The van der Waals surface area contributed by atoms with Gasteiger partial charge in [0.1, 0.15) is 0 Å². The summed E-state index contributed by atoms with van der Waals surface area (Å²) in [5.74, 6) is 0. The molecule has 0 aromatic carbocycles. The molecule has 0 bridgehead atoms. The Labute approximate surface area is 96.4 Å². The number of hydrogen-bond donors (Lipinski definition) is 2. The smallest absolute Gasteiger partial charge is 0.169 e. The summed E-state index contributed by atoms with van der Waals surface area (Å²) in [6, 6.07) is 1.09. The van der Waals surface area contributed by atoms with Gasteiger partial charge in [-0.1, -0.05) is 51.4 Å². The second-order valence-electron chi connectivity index (χ2n) is 4.54. The zero-order chi connectivity index (χ0) is 11.4. The van der Waals surface area contributed by atoms with Crippen LogP contribution in [-0.4, -0.2) is 25.5 Å². The molecule has 1 unspecified atom stereocenters. The van der Waals surface area contributed by atoms with Crippen molar-refractivity contribution in [1.82, 2.24) is 0 Å². The maximum Gasteiger partial charge on any atom is 0.169 e. The first-order valence-corrected chi connectivity index (χ1v) is 9.05. The number of hydrogen-bond acceptors (Lipinski definition) is 2. The van der Waals surface area contributed by atoms with Crippen LogP contribution in [0.4, 0.5) is 0 Å². The predicted molar refractivity (Wildman–Crippen MR) is 68.7 cm³/mol. The first-order valence-electron chi connectivity index (χ1n) is 6.56. The monoisotopic (exact) mass is 232 g/mol. The molecule has 0 aliphatic rings. The summed E-state index contributed by atoms with van der Waals surface area (Å²) in [5.41, 5.74) is 0. The van der Waals surface area contributed by atoms with Gasteiger partial charge >= 0.3 is 0 Å². The molecule has 1 atom stereocenters. The zero-order valence-electron chi connectivity index (χ0n) is 10.2. The number of aliphatic hydroxyl groups excluding tert-OH is 1. The fourth-order valence-electron chi connectivity index (χ4n) is 1.79. The van der Waals surface area contributed by atoms with Crippen LogP contribution in [0, 0.1) is 0 Å². The molecule has 0 aromatic heterocycles. The third kappa shape index (κ3) is 14.1. The molecule has 15 heavy (non-hydrogen) atoms. The fourth-order valence-corrected chi connectivity index (χ4v) is 2.67. The van der Waals surface area contributed by atoms with E-state index in [1.54, 1.807) is 0 Å². The van der Waals surface area contributed by atoms with Crippen LogP contribution in [0.15, 0.2) is 0 Å². The largest absolute Gasteiger partial charge is 0.435 e. The Balaban J connectivity index is 2.87. The predicted octanol–water partition coefficient (Wildman–Crippen LogP) is 2.84. The number of unbranched alkanes of at least 4 members (excludes halogenated alkanes) is 8. The third-order valence-electron chi connectivity index (χ3n) is 2.78. The van der Waals surface area contributed by atoms with Crippen LogP contribution in [0.25, 0.3) is 0 Å². The van der Waals surface area contributed by atoms with Crippen molar-refractivity contribution in [2.24, 2.45) is 0 Å². The van der Waals surface area contributed by atoms with Gasteiger partial charge in [0.2, 0.25) is 0 Å². The van der Waals surface area contributed by atoms with Crippen molar-refractivity contribution in [3.05, 3.63) is 0 Å². The second-order valence-corrected chi connectivity index (χ2v) is 6.82. The Morgan fingerprint density at radius 2 is 1.13 bits per heavy atom. The van der Waals surface area contributed by atoms with E-state index in [1.165, 1.54) is 51.4 Å². The minimum atomic E-state index is -1.27. The molecule has 0 heterocycles. The van der Waals surface area contributed by atoms with E-state index >= 15 is 0 Å². The molecule has 0 saturated heterocycles. The van der Waals surface area contributed by atoms with Gasteiger partial charge in [0.05, 0.1) is 0 Å². The van der Waals surface area contributed by atoms with Gasteiger partial charge in [0, 0.05) is 6.61 Å². The number of aliphatic hydroxyl groups is 1. The maximum absolute atomic E-state index is 9.19. The van der Waals surface area contributed by atoms with E-state index < -0.39 is 9.04 Å². The van der Waals surface area contributed by atoms with Gasteiger partial charge in [0.15, 0.2) is 9.04 Å². The topological polar surface area (TPSA) is 40.5 Å². The standard InChI is InChI=1S/C12H28O2Si/c1-15(14)12-10-8-6-4-2-3-5-7-9-11-13/h13-15H,2-12H2,1H3. The average Bonchev–Trinajstić information content (AvgIpc) is 2.20. The Bertz CT molecular complexity index is 118. The molecule has 0 aliphatic carbocycles. The Kier molecular flexibility index (Phi) is 12.3. The average molecular weight is 232 g/mol. The van der Waals surface area contributed by atoms with Crippen molar-refractivity contribution >= 4 is 9.04 Å². The molecule has 3 heteroatoms. The second kappa shape index (κ2) is 12.2. The quantitative estimate of drug-likeness (QED) is 0.425. The van der Waals surface area contributed by atoms with E-state index in [4.69, 9.17) is 5.11 Å². The lowest BCUT2D eigenvalue weighted by Crippen LogP contribution is -2.03. The van der Waals surface area contributed by atoms with E-state index in [-0.39, 0.29) is 0 Å². The molecule has 0 radical (unpaired) electrons. The van der Waals surface area contributed by atoms with Crippen molar-refractivity contribution in [3.63, 3.8) is 0 Å². The summed E-state index contributed by atoms with van der Waals surface area (Å²) in [6.07, 6.45) is 11.3. The molecule has 0 fully saturated rings. The summed E-state index contributed by atoms with van der Waals surface area (Å²) in [7, 11) is -1.27. The minimum absolute atomic E-state index is 0.350. The van der Waals surface area contributed by atoms with E-state index in [9.17, 15) is 4.80 Å². The van der Waals surface area contributed by atoms with E-state index in [0.29, 0.717) is 6.61 Å². The van der Waals surface area contributed by atoms with Gasteiger partial charge in [-0.3, -0.25) is 0 Å². The molecule has 0 rings (SSSR count). The van der Waals surface area contributed by atoms with Crippen LogP contribution < -0.4 is 0 Å². The van der Waals surface area contributed by atoms with Gasteiger partial charge in [-0.25, -0.2) is 0 Å². The van der Waals surface area contributed by atoms with E-state index in [1.807, 2.05) is 6.55 Å². The van der Waals surface area contributed by atoms with Crippen LogP contribution >= 0.6 is 0 Å². The van der Waals surface area contributed by atoms with Gasteiger partial charge < -0.3 is 9.90 Å².